The van der Waals surface area contributed by atoms with Gasteiger partial charge in [0.2, 0.25) is 5.96 Å². The third kappa shape index (κ3) is 3.46. The van der Waals surface area contributed by atoms with Gasteiger partial charge in [-0.2, -0.15) is 4.99 Å². The summed E-state index contributed by atoms with van der Waals surface area (Å²) in [6, 6.07) is 0. The summed E-state index contributed by atoms with van der Waals surface area (Å²) in [5, 5.41) is 0. The highest BCUT2D eigenvalue weighted by Crippen LogP contribution is 2.17. The molecule has 0 aromatic heterocycles. The van der Waals surface area contributed by atoms with Crippen LogP contribution in [0.2, 0.25) is 0 Å². The maximum Gasteiger partial charge on any atom is 0.223 e. The number of allylic oxidation sites excluding steroid dienone is 3. The van der Waals surface area contributed by atoms with Gasteiger partial charge in [-0.15, -0.1) is 0 Å². The number of rotatable bonds is 1. The smallest absolute Gasteiger partial charge is 0.223 e. The molecule has 0 fully saturated rings. The minimum atomic E-state index is 0.179. The van der Waals surface area contributed by atoms with Gasteiger partial charge in [0.25, 0.3) is 0 Å². The maximum atomic E-state index is 5.62. The maximum absolute atomic E-state index is 5.62. The van der Waals surface area contributed by atoms with Gasteiger partial charge in [-0.25, -0.2) is 4.99 Å². The molecule has 1 aliphatic carbocycles. The fourth-order valence-electron chi connectivity index (χ4n) is 1.09. The van der Waals surface area contributed by atoms with Gasteiger partial charge in [0.1, 0.15) is 0 Å². The SMILES string of the molecule is CC1=CC(N=C(N)N=C(N)N(C)C)=CC1. The molecule has 4 N–H and O–H groups in total. The van der Waals surface area contributed by atoms with E-state index >= 15 is 0 Å². The Balaban J connectivity index is 2.73. The molecular formula is C10H17N5. The molecule has 5 heteroatoms. The largest absolute Gasteiger partial charge is 0.369 e. The van der Waals surface area contributed by atoms with Crippen LogP contribution < -0.4 is 11.5 Å². The predicted octanol–water partition coefficient (Wildman–Crippen LogP) is 0.411. The van der Waals surface area contributed by atoms with Crippen LogP contribution in [0.3, 0.4) is 0 Å². The molecular weight excluding hydrogens is 190 g/mol. The number of guanidine groups is 2. The molecule has 0 aromatic carbocycles. The molecule has 0 aliphatic heterocycles. The lowest BCUT2D eigenvalue weighted by atomic mass is 10.3. The fraction of sp³-hybridized carbons (Fsp3) is 0.400. The molecule has 1 aliphatic rings. The number of hydrogen-bond donors (Lipinski definition) is 2. The minimum absolute atomic E-state index is 0.179. The van der Waals surface area contributed by atoms with Crippen molar-refractivity contribution in [2.75, 3.05) is 14.1 Å². The van der Waals surface area contributed by atoms with Gasteiger partial charge in [0.05, 0.1) is 5.70 Å². The summed E-state index contributed by atoms with van der Waals surface area (Å²) in [7, 11) is 3.59. The second-order valence-electron chi connectivity index (χ2n) is 3.66. The van der Waals surface area contributed by atoms with Gasteiger partial charge in [-0.1, -0.05) is 11.6 Å². The standard InChI is InChI=1S/C10H17N5/c1-7-4-5-8(6-7)13-9(11)14-10(12)15(2)3/h5-6H,4H2,1-3H3,(H4,11,12,13,14). The number of nitrogens with two attached hydrogens (primary N) is 2. The first-order chi connectivity index (χ1) is 6.99. The van der Waals surface area contributed by atoms with Crippen molar-refractivity contribution in [1.82, 2.24) is 4.90 Å². The summed E-state index contributed by atoms with van der Waals surface area (Å²) < 4.78 is 0. The zero-order valence-electron chi connectivity index (χ0n) is 9.36. The average molecular weight is 207 g/mol. The molecule has 0 heterocycles. The molecule has 0 amide bonds. The molecule has 0 aromatic rings. The van der Waals surface area contributed by atoms with Gasteiger partial charge < -0.3 is 16.4 Å². The summed E-state index contributed by atoms with van der Waals surface area (Å²) in [6.45, 7) is 2.05. The van der Waals surface area contributed by atoms with E-state index in [0.717, 1.165) is 12.1 Å². The van der Waals surface area contributed by atoms with Crippen molar-refractivity contribution in [3.63, 3.8) is 0 Å². The van der Waals surface area contributed by atoms with Crippen molar-refractivity contribution < 1.29 is 0 Å². The zero-order valence-corrected chi connectivity index (χ0v) is 9.36. The Kier molecular flexibility index (Phi) is 3.49. The van der Waals surface area contributed by atoms with E-state index in [4.69, 9.17) is 11.5 Å². The molecule has 0 atom stereocenters. The third-order valence-electron chi connectivity index (χ3n) is 1.96. The lowest BCUT2D eigenvalue weighted by molar-refractivity contribution is 0.615. The monoisotopic (exact) mass is 207 g/mol. The molecule has 1 rings (SSSR count). The third-order valence-corrected chi connectivity index (χ3v) is 1.96. The molecule has 0 spiro atoms. The van der Waals surface area contributed by atoms with Crippen molar-refractivity contribution >= 4 is 11.9 Å². The molecule has 0 bridgehead atoms. The number of hydrogen-bond acceptors (Lipinski definition) is 1. The summed E-state index contributed by atoms with van der Waals surface area (Å²) in [6.07, 6.45) is 4.91. The van der Waals surface area contributed by atoms with Crippen LogP contribution >= 0.6 is 0 Å². The average Bonchev–Trinajstić information content (AvgIpc) is 2.50. The first kappa shape index (κ1) is 11.3. The van der Waals surface area contributed by atoms with Crippen molar-refractivity contribution in [1.29, 1.82) is 0 Å². The normalized spacial score (nSPS) is 17.5. The Hall–Kier alpha value is -1.78. The molecule has 15 heavy (non-hydrogen) atoms. The Morgan fingerprint density at radius 2 is 2.07 bits per heavy atom. The van der Waals surface area contributed by atoms with Crippen molar-refractivity contribution in [3.8, 4) is 0 Å². The summed E-state index contributed by atoms with van der Waals surface area (Å²) in [5.41, 5.74) is 13.3. The van der Waals surface area contributed by atoms with E-state index in [0.29, 0.717) is 5.96 Å². The van der Waals surface area contributed by atoms with E-state index < -0.39 is 0 Å². The highest BCUT2D eigenvalue weighted by Gasteiger charge is 2.02. The zero-order chi connectivity index (χ0) is 11.4. The number of nitrogens with zero attached hydrogens (tertiary/aromatic N) is 3. The first-order valence-corrected chi connectivity index (χ1v) is 4.72. The van der Waals surface area contributed by atoms with Crippen LogP contribution in [0.15, 0.2) is 33.4 Å². The van der Waals surface area contributed by atoms with Crippen LogP contribution in [0.5, 0.6) is 0 Å². The molecule has 0 radical (unpaired) electrons. The van der Waals surface area contributed by atoms with E-state index in [-0.39, 0.29) is 5.96 Å². The second-order valence-corrected chi connectivity index (χ2v) is 3.66. The van der Waals surface area contributed by atoms with Gasteiger partial charge in [-0.05, 0) is 19.4 Å². The van der Waals surface area contributed by atoms with Crippen LogP contribution in [0.25, 0.3) is 0 Å². The van der Waals surface area contributed by atoms with Crippen molar-refractivity contribution in [2.45, 2.75) is 13.3 Å². The van der Waals surface area contributed by atoms with Gasteiger partial charge in [0.15, 0.2) is 5.96 Å². The quantitative estimate of drug-likeness (QED) is 0.483. The van der Waals surface area contributed by atoms with E-state index in [2.05, 4.69) is 9.98 Å². The lowest BCUT2D eigenvalue weighted by Gasteiger charge is -2.09. The lowest BCUT2D eigenvalue weighted by Crippen LogP contribution is -2.32. The van der Waals surface area contributed by atoms with E-state index in [1.54, 1.807) is 19.0 Å². The van der Waals surface area contributed by atoms with Crippen LogP contribution in [-0.2, 0) is 0 Å². The van der Waals surface area contributed by atoms with E-state index in [9.17, 15) is 0 Å². The van der Waals surface area contributed by atoms with Crippen molar-refractivity contribution in [2.24, 2.45) is 21.5 Å². The fourth-order valence-corrected chi connectivity index (χ4v) is 1.09. The summed E-state index contributed by atoms with van der Waals surface area (Å²) >= 11 is 0. The van der Waals surface area contributed by atoms with Crippen LogP contribution in [0.1, 0.15) is 13.3 Å². The van der Waals surface area contributed by atoms with Crippen LogP contribution in [0.4, 0.5) is 0 Å². The Morgan fingerprint density at radius 3 is 2.53 bits per heavy atom. The first-order valence-electron chi connectivity index (χ1n) is 4.72. The van der Waals surface area contributed by atoms with Gasteiger partial charge >= 0.3 is 0 Å². The van der Waals surface area contributed by atoms with E-state index in [1.165, 1.54) is 5.57 Å². The number of aliphatic imine (C=N–C) groups is 2. The Labute approximate surface area is 89.9 Å². The highest BCUT2D eigenvalue weighted by atomic mass is 15.2. The molecule has 82 valence electrons. The van der Waals surface area contributed by atoms with Crippen LogP contribution in [0, 0.1) is 0 Å². The van der Waals surface area contributed by atoms with E-state index in [1.807, 2.05) is 19.1 Å². The van der Waals surface area contributed by atoms with Crippen molar-refractivity contribution in [3.05, 3.63) is 23.4 Å². The summed E-state index contributed by atoms with van der Waals surface area (Å²) in [5.74, 6) is 0.522. The van der Waals surface area contributed by atoms with Crippen LogP contribution in [-0.4, -0.2) is 30.9 Å². The topological polar surface area (TPSA) is 80.0 Å². The van der Waals surface area contributed by atoms with Gasteiger partial charge in [-0.3, -0.25) is 0 Å². The Morgan fingerprint density at radius 1 is 1.40 bits per heavy atom. The van der Waals surface area contributed by atoms with Gasteiger partial charge in [0, 0.05) is 14.1 Å². The molecule has 0 unspecified atom stereocenters. The second kappa shape index (κ2) is 4.63. The minimum Gasteiger partial charge on any atom is -0.369 e. The Bertz CT molecular complexity index is 360. The molecule has 5 nitrogen and oxygen atoms in total. The molecule has 0 saturated carbocycles. The predicted molar refractivity (Wildman–Crippen MR) is 63.4 cm³/mol. The summed E-state index contributed by atoms with van der Waals surface area (Å²) in [4.78, 5) is 9.75. The molecule has 0 saturated heterocycles. The highest BCUT2D eigenvalue weighted by molar-refractivity contribution is 5.93.